The highest BCUT2D eigenvalue weighted by atomic mass is 16.5. The van der Waals surface area contributed by atoms with Crippen LogP contribution in [0.1, 0.15) is 23.5 Å². The predicted molar refractivity (Wildman–Crippen MR) is 129 cm³/mol. The van der Waals surface area contributed by atoms with Gasteiger partial charge in [0, 0.05) is 17.5 Å². The molecule has 1 aromatic heterocycles. The number of carbonyl (C=O) groups excluding carboxylic acids is 1. The van der Waals surface area contributed by atoms with Gasteiger partial charge < -0.3 is 28.8 Å². The molecular weight excluding hydrogens is 452 g/mol. The van der Waals surface area contributed by atoms with Gasteiger partial charge in [-0.1, -0.05) is 12.1 Å². The van der Waals surface area contributed by atoms with Gasteiger partial charge in [0.05, 0.1) is 38.7 Å². The summed E-state index contributed by atoms with van der Waals surface area (Å²) in [6, 6.07) is 14.2. The first-order chi connectivity index (χ1) is 16.9. The van der Waals surface area contributed by atoms with Crippen LogP contribution in [0.5, 0.6) is 23.0 Å². The van der Waals surface area contributed by atoms with E-state index in [4.69, 9.17) is 18.6 Å². The second kappa shape index (κ2) is 9.80. The number of ether oxygens (including phenoxy) is 3. The molecule has 4 aromatic rings. The highest BCUT2D eigenvalue weighted by Gasteiger charge is 2.27. The average Bonchev–Trinajstić information content (AvgIpc) is 2.88. The van der Waals surface area contributed by atoms with Crippen molar-refractivity contribution < 1.29 is 33.6 Å². The molecule has 8 heteroatoms. The first-order valence-corrected chi connectivity index (χ1v) is 10.7. The van der Waals surface area contributed by atoms with Crippen LogP contribution in [0.3, 0.4) is 0 Å². The number of esters is 1. The molecule has 0 aliphatic rings. The van der Waals surface area contributed by atoms with Crippen LogP contribution in [0.15, 0.2) is 70.1 Å². The Balaban J connectivity index is 1.96. The fourth-order valence-corrected chi connectivity index (χ4v) is 4.06. The van der Waals surface area contributed by atoms with Crippen LogP contribution in [0, 0.1) is 0 Å². The number of phenols is 2. The van der Waals surface area contributed by atoms with Crippen molar-refractivity contribution in [2.24, 2.45) is 0 Å². The van der Waals surface area contributed by atoms with E-state index in [1.807, 2.05) is 0 Å². The number of methoxy groups -OCH3 is 3. The predicted octanol–water partition coefficient (Wildman–Crippen LogP) is 4.58. The summed E-state index contributed by atoms with van der Waals surface area (Å²) in [5.74, 6) is -0.344. The SMILES string of the molecule is COC(=O)C[C@H](c1cc(OC)cc(OC)c1)c1c(O)ccc2c(=O)c(-c3ccc(O)cc3)coc12. The Kier molecular flexibility index (Phi) is 6.64. The quantitative estimate of drug-likeness (QED) is 0.372. The van der Waals surface area contributed by atoms with Crippen LogP contribution in [0.4, 0.5) is 0 Å². The third kappa shape index (κ3) is 4.63. The number of aromatic hydroxyl groups is 2. The molecule has 0 aliphatic heterocycles. The largest absolute Gasteiger partial charge is 0.508 e. The lowest BCUT2D eigenvalue weighted by Gasteiger charge is -2.21. The lowest BCUT2D eigenvalue weighted by molar-refractivity contribution is -0.140. The van der Waals surface area contributed by atoms with E-state index in [-0.39, 0.29) is 39.9 Å². The molecule has 0 fully saturated rings. The number of hydrogen-bond donors (Lipinski definition) is 2. The molecular formula is C27H24O8. The smallest absolute Gasteiger partial charge is 0.306 e. The zero-order valence-electron chi connectivity index (χ0n) is 19.4. The molecule has 2 N–H and O–H groups in total. The number of rotatable bonds is 7. The van der Waals surface area contributed by atoms with Crippen molar-refractivity contribution in [1.82, 2.24) is 0 Å². The van der Waals surface area contributed by atoms with Crippen LogP contribution in [-0.4, -0.2) is 37.5 Å². The Labute approximate surface area is 200 Å². The lowest BCUT2D eigenvalue weighted by atomic mass is 9.86. The molecule has 3 aromatic carbocycles. The molecule has 35 heavy (non-hydrogen) atoms. The van der Waals surface area contributed by atoms with Crippen LogP contribution in [0.25, 0.3) is 22.1 Å². The Hall–Kier alpha value is -4.46. The minimum absolute atomic E-state index is 0.0745. The lowest BCUT2D eigenvalue weighted by Crippen LogP contribution is -2.13. The van der Waals surface area contributed by atoms with Crippen LogP contribution >= 0.6 is 0 Å². The van der Waals surface area contributed by atoms with Gasteiger partial charge in [0.15, 0.2) is 0 Å². The normalized spacial score (nSPS) is 11.7. The van der Waals surface area contributed by atoms with Crippen LogP contribution in [-0.2, 0) is 9.53 Å². The van der Waals surface area contributed by atoms with Crippen molar-refractivity contribution in [2.75, 3.05) is 21.3 Å². The second-order valence-electron chi connectivity index (χ2n) is 7.88. The maximum Gasteiger partial charge on any atom is 0.306 e. The zero-order valence-corrected chi connectivity index (χ0v) is 19.4. The first kappa shape index (κ1) is 23.7. The molecule has 0 saturated carbocycles. The monoisotopic (exact) mass is 476 g/mol. The molecule has 0 bridgehead atoms. The topological polar surface area (TPSA) is 115 Å². The molecule has 0 amide bonds. The van der Waals surface area contributed by atoms with Crippen LogP contribution in [0.2, 0.25) is 0 Å². The van der Waals surface area contributed by atoms with Crippen molar-refractivity contribution in [1.29, 1.82) is 0 Å². The van der Waals surface area contributed by atoms with Gasteiger partial charge in [0.1, 0.15) is 34.8 Å². The highest BCUT2D eigenvalue weighted by molar-refractivity contribution is 5.87. The second-order valence-corrected chi connectivity index (χ2v) is 7.88. The van der Waals surface area contributed by atoms with E-state index < -0.39 is 11.9 Å². The van der Waals surface area contributed by atoms with Crippen LogP contribution < -0.4 is 14.9 Å². The molecule has 4 rings (SSSR count). The fourth-order valence-electron chi connectivity index (χ4n) is 4.06. The van der Waals surface area contributed by atoms with E-state index in [1.54, 1.807) is 30.3 Å². The molecule has 0 unspecified atom stereocenters. The molecule has 180 valence electrons. The number of benzene rings is 3. The molecule has 8 nitrogen and oxygen atoms in total. The van der Waals surface area contributed by atoms with Gasteiger partial charge in [0.2, 0.25) is 5.43 Å². The summed E-state index contributed by atoms with van der Waals surface area (Å²) in [7, 11) is 4.29. The minimum atomic E-state index is -0.738. The van der Waals surface area contributed by atoms with E-state index in [0.29, 0.717) is 28.2 Å². The van der Waals surface area contributed by atoms with Gasteiger partial charge in [-0.05, 0) is 47.5 Å². The average molecular weight is 476 g/mol. The standard InChI is InChI=1S/C27H24O8/c1-32-18-10-16(11-19(12-18)33-2)21(13-24(30)34-3)25-23(29)9-8-20-26(31)22(14-35-27(20)25)15-4-6-17(28)7-5-15/h4-12,14,21,28-29H,13H2,1-3H3/t21-/m1/s1. The molecule has 0 spiro atoms. The van der Waals surface area contributed by atoms with Crippen molar-refractivity contribution in [3.05, 3.63) is 82.2 Å². The molecule has 1 heterocycles. The van der Waals surface area contributed by atoms with E-state index in [2.05, 4.69) is 0 Å². The maximum atomic E-state index is 13.4. The summed E-state index contributed by atoms with van der Waals surface area (Å²) in [6.45, 7) is 0. The Morgan fingerprint density at radius 1 is 0.943 bits per heavy atom. The van der Waals surface area contributed by atoms with E-state index in [9.17, 15) is 19.8 Å². The number of hydrogen-bond acceptors (Lipinski definition) is 8. The third-order valence-electron chi connectivity index (χ3n) is 5.86. The first-order valence-electron chi connectivity index (χ1n) is 10.7. The fraction of sp³-hybridized carbons (Fsp3) is 0.185. The zero-order chi connectivity index (χ0) is 25.1. The van der Waals surface area contributed by atoms with Crippen molar-refractivity contribution >= 4 is 16.9 Å². The summed E-state index contributed by atoms with van der Waals surface area (Å²) in [5, 5.41) is 20.7. The molecule has 0 saturated heterocycles. The Morgan fingerprint density at radius 2 is 1.60 bits per heavy atom. The molecule has 0 radical (unpaired) electrons. The molecule has 1 atom stereocenters. The van der Waals surface area contributed by atoms with E-state index in [1.165, 1.54) is 51.9 Å². The third-order valence-corrected chi connectivity index (χ3v) is 5.86. The molecule has 0 aliphatic carbocycles. The van der Waals surface area contributed by atoms with Gasteiger partial charge in [0.25, 0.3) is 0 Å². The number of fused-ring (bicyclic) bond motifs is 1. The minimum Gasteiger partial charge on any atom is -0.508 e. The summed E-state index contributed by atoms with van der Waals surface area (Å²) >= 11 is 0. The van der Waals surface area contributed by atoms with Crippen molar-refractivity contribution in [2.45, 2.75) is 12.3 Å². The maximum absolute atomic E-state index is 13.4. The van der Waals surface area contributed by atoms with E-state index in [0.717, 1.165) is 0 Å². The van der Waals surface area contributed by atoms with Gasteiger partial charge in [-0.15, -0.1) is 0 Å². The van der Waals surface area contributed by atoms with Crippen molar-refractivity contribution in [3.8, 4) is 34.1 Å². The van der Waals surface area contributed by atoms with Gasteiger partial charge in [-0.3, -0.25) is 9.59 Å². The highest BCUT2D eigenvalue weighted by Crippen LogP contribution is 2.41. The summed E-state index contributed by atoms with van der Waals surface area (Å²) in [6.07, 6.45) is 1.17. The van der Waals surface area contributed by atoms with Crippen molar-refractivity contribution in [3.63, 3.8) is 0 Å². The Morgan fingerprint density at radius 3 is 2.20 bits per heavy atom. The summed E-state index contributed by atoms with van der Waals surface area (Å²) in [5.41, 5.74) is 1.54. The summed E-state index contributed by atoms with van der Waals surface area (Å²) in [4.78, 5) is 25.8. The van der Waals surface area contributed by atoms with Gasteiger partial charge in [-0.2, -0.15) is 0 Å². The van der Waals surface area contributed by atoms with Gasteiger partial charge >= 0.3 is 5.97 Å². The van der Waals surface area contributed by atoms with E-state index >= 15 is 0 Å². The Bertz CT molecular complexity index is 1410. The number of carbonyl (C=O) groups is 1. The summed E-state index contributed by atoms with van der Waals surface area (Å²) < 4.78 is 21.6. The number of phenolic OH excluding ortho intramolecular Hbond substituents is 2. The van der Waals surface area contributed by atoms with Gasteiger partial charge in [-0.25, -0.2) is 0 Å².